The van der Waals surface area contributed by atoms with Gasteiger partial charge in [0.2, 0.25) is 0 Å². The predicted molar refractivity (Wildman–Crippen MR) is 83.1 cm³/mol. The summed E-state index contributed by atoms with van der Waals surface area (Å²) in [5.41, 5.74) is 5.75. The van der Waals surface area contributed by atoms with Crippen molar-refractivity contribution in [3.8, 4) is 0 Å². The van der Waals surface area contributed by atoms with E-state index in [0.717, 1.165) is 31.3 Å². The van der Waals surface area contributed by atoms with Gasteiger partial charge in [0.25, 0.3) is 0 Å². The van der Waals surface area contributed by atoms with Gasteiger partial charge in [0, 0.05) is 28.7 Å². The van der Waals surface area contributed by atoms with E-state index in [-0.39, 0.29) is 10.8 Å². The predicted octanol–water partition coefficient (Wildman–Crippen LogP) is 4.44. The van der Waals surface area contributed by atoms with Crippen LogP contribution in [-0.2, 0) is 16.6 Å². The van der Waals surface area contributed by atoms with Crippen molar-refractivity contribution < 1.29 is 4.79 Å². The molecule has 0 aliphatic heterocycles. The van der Waals surface area contributed by atoms with E-state index in [4.69, 9.17) is 0 Å². The molecule has 0 aromatic carbocycles. The van der Waals surface area contributed by atoms with E-state index in [1.807, 2.05) is 5.51 Å². The molecule has 1 aromatic heterocycles. The van der Waals surface area contributed by atoms with Crippen LogP contribution in [0.15, 0.2) is 16.7 Å². The van der Waals surface area contributed by atoms with Crippen LogP contribution < -0.4 is 0 Å². The number of aromatic nitrogens is 1. The second-order valence-electron chi connectivity index (χ2n) is 7.01. The molecule has 0 radical (unpaired) electrons. The monoisotopic (exact) mass is 289 g/mol. The molecular weight excluding hydrogens is 266 g/mol. The van der Waals surface area contributed by atoms with Crippen LogP contribution >= 0.6 is 11.3 Å². The third kappa shape index (κ3) is 1.82. The van der Waals surface area contributed by atoms with E-state index in [0.29, 0.717) is 12.2 Å². The zero-order valence-electron chi connectivity index (χ0n) is 12.9. The number of carbonyl (C=O) groups excluding carboxylic acids is 1. The number of hydrogen-bond acceptors (Lipinski definition) is 3. The Labute approximate surface area is 125 Å². The molecular formula is C17H23NOS. The summed E-state index contributed by atoms with van der Waals surface area (Å²) in [5, 5.41) is 0. The summed E-state index contributed by atoms with van der Waals surface area (Å²) in [6.45, 7) is 8.86. The van der Waals surface area contributed by atoms with Gasteiger partial charge in [-0.15, -0.1) is 11.3 Å². The molecule has 1 aromatic rings. The molecule has 2 aliphatic rings. The van der Waals surface area contributed by atoms with Gasteiger partial charge in [-0.25, -0.2) is 4.98 Å². The fourth-order valence-corrected chi connectivity index (χ4v) is 5.39. The smallest absolute Gasteiger partial charge is 0.160 e. The summed E-state index contributed by atoms with van der Waals surface area (Å²) in [6.07, 6.45) is 4.65. The van der Waals surface area contributed by atoms with Gasteiger partial charge in [-0.05, 0) is 24.7 Å². The molecule has 0 N–H and O–H groups in total. The van der Waals surface area contributed by atoms with Crippen LogP contribution in [0.25, 0.3) is 0 Å². The molecule has 0 saturated carbocycles. The minimum absolute atomic E-state index is 0.0579. The fraction of sp³-hybridized carbons (Fsp3) is 0.647. The van der Waals surface area contributed by atoms with E-state index in [1.165, 1.54) is 16.1 Å². The van der Waals surface area contributed by atoms with Gasteiger partial charge in [0.15, 0.2) is 5.78 Å². The minimum atomic E-state index is -0.0579. The Morgan fingerprint density at radius 3 is 2.60 bits per heavy atom. The van der Waals surface area contributed by atoms with Crippen LogP contribution in [0.3, 0.4) is 0 Å². The summed E-state index contributed by atoms with van der Waals surface area (Å²) in [5.74, 6) is 0.388. The van der Waals surface area contributed by atoms with Crippen molar-refractivity contribution in [2.45, 2.75) is 65.2 Å². The normalized spacial score (nSPS) is 23.5. The van der Waals surface area contributed by atoms with Gasteiger partial charge in [0.1, 0.15) is 0 Å². The molecule has 0 atom stereocenters. The standard InChI is InChI=1S/C17H23NOS/c1-5-17(6-2)14-11(7-12-15(17)20-10-18-12)8-16(3,4)9-13(14)19/h10H,5-9H2,1-4H3. The average Bonchev–Trinajstić information content (AvgIpc) is 2.83. The summed E-state index contributed by atoms with van der Waals surface area (Å²) in [7, 11) is 0. The van der Waals surface area contributed by atoms with Gasteiger partial charge in [-0.3, -0.25) is 4.79 Å². The number of nitrogens with zero attached hydrogens (tertiary/aromatic N) is 1. The first-order valence-electron chi connectivity index (χ1n) is 7.62. The molecule has 1 heterocycles. The van der Waals surface area contributed by atoms with Crippen LogP contribution in [0.2, 0.25) is 0 Å². The number of thiazole rings is 1. The molecule has 0 saturated heterocycles. The summed E-state index contributed by atoms with van der Waals surface area (Å²) >= 11 is 1.74. The van der Waals surface area contributed by atoms with Crippen molar-refractivity contribution in [2.75, 3.05) is 0 Å². The van der Waals surface area contributed by atoms with Gasteiger partial charge >= 0.3 is 0 Å². The highest BCUT2D eigenvalue weighted by Gasteiger charge is 2.47. The Hall–Kier alpha value is -0.960. The van der Waals surface area contributed by atoms with Crippen molar-refractivity contribution in [1.29, 1.82) is 0 Å². The molecule has 0 bridgehead atoms. The number of carbonyl (C=O) groups is 1. The van der Waals surface area contributed by atoms with Gasteiger partial charge in [-0.1, -0.05) is 33.3 Å². The first-order valence-corrected chi connectivity index (χ1v) is 8.50. The highest BCUT2D eigenvalue weighted by Crippen LogP contribution is 2.53. The Morgan fingerprint density at radius 2 is 1.95 bits per heavy atom. The molecule has 2 aliphatic carbocycles. The number of hydrogen-bond donors (Lipinski definition) is 0. The maximum absolute atomic E-state index is 12.8. The van der Waals surface area contributed by atoms with Gasteiger partial charge in [-0.2, -0.15) is 0 Å². The van der Waals surface area contributed by atoms with Crippen molar-refractivity contribution >= 4 is 17.1 Å². The molecule has 0 amide bonds. The van der Waals surface area contributed by atoms with Crippen LogP contribution in [0.1, 0.15) is 63.9 Å². The van der Waals surface area contributed by atoms with Crippen molar-refractivity contribution in [1.82, 2.24) is 4.98 Å². The summed E-state index contributed by atoms with van der Waals surface area (Å²) in [6, 6.07) is 0. The lowest BCUT2D eigenvalue weighted by molar-refractivity contribution is -0.119. The molecule has 3 rings (SSSR count). The quantitative estimate of drug-likeness (QED) is 0.805. The molecule has 3 heteroatoms. The van der Waals surface area contributed by atoms with Gasteiger partial charge in [0.05, 0.1) is 11.2 Å². The average molecular weight is 289 g/mol. The molecule has 0 unspecified atom stereocenters. The Morgan fingerprint density at radius 1 is 1.25 bits per heavy atom. The van der Waals surface area contributed by atoms with Crippen molar-refractivity contribution in [3.05, 3.63) is 27.2 Å². The molecule has 0 spiro atoms. The van der Waals surface area contributed by atoms with Crippen LogP contribution in [-0.4, -0.2) is 10.8 Å². The molecule has 2 nitrogen and oxygen atoms in total. The number of allylic oxidation sites excluding steroid dienone is 2. The Bertz CT molecular complexity index is 590. The largest absolute Gasteiger partial charge is 0.294 e. The van der Waals surface area contributed by atoms with E-state index in [9.17, 15) is 4.79 Å². The van der Waals surface area contributed by atoms with Crippen LogP contribution in [0.5, 0.6) is 0 Å². The van der Waals surface area contributed by atoms with E-state index >= 15 is 0 Å². The first kappa shape index (κ1) is 14.0. The minimum Gasteiger partial charge on any atom is -0.294 e. The van der Waals surface area contributed by atoms with Crippen molar-refractivity contribution in [2.24, 2.45) is 5.41 Å². The zero-order chi connectivity index (χ0) is 14.5. The second kappa shape index (κ2) is 4.52. The lowest BCUT2D eigenvalue weighted by Gasteiger charge is -2.44. The van der Waals surface area contributed by atoms with E-state index in [2.05, 4.69) is 32.7 Å². The molecule has 108 valence electrons. The maximum atomic E-state index is 12.8. The summed E-state index contributed by atoms with van der Waals surface area (Å²) in [4.78, 5) is 18.8. The summed E-state index contributed by atoms with van der Waals surface area (Å²) < 4.78 is 0. The lowest BCUT2D eigenvalue weighted by Crippen LogP contribution is -2.40. The number of fused-ring (bicyclic) bond motifs is 1. The second-order valence-corrected chi connectivity index (χ2v) is 7.87. The topological polar surface area (TPSA) is 30.0 Å². The van der Waals surface area contributed by atoms with Crippen LogP contribution in [0.4, 0.5) is 0 Å². The van der Waals surface area contributed by atoms with Gasteiger partial charge < -0.3 is 0 Å². The zero-order valence-corrected chi connectivity index (χ0v) is 13.7. The van der Waals surface area contributed by atoms with Crippen LogP contribution in [0, 0.1) is 5.41 Å². The fourth-order valence-electron chi connectivity index (χ4n) is 4.23. The van der Waals surface area contributed by atoms with Crippen molar-refractivity contribution in [3.63, 3.8) is 0 Å². The first-order chi connectivity index (χ1) is 9.43. The van der Waals surface area contributed by atoms with E-state index < -0.39 is 0 Å². The highest BCUT2D eigenvalue weighted by atomic mass is 32.1. The number of Topliss-reactive ketones (excluding diaryl/α,β-unsaturated/α-hetero) is 1. The van der Waals surface area contributed by atoms with E-state index in [1.54, 1.807) is 11.3 Å². The molecule has 20 heavy (non-hydrogen) atoms. The third-order valence-electron chi connectivity index (χ3n) is 5.11. The third-order valence-corrected chi connectivity index (χ3v) is 6.18. The maximum Gasteiger partial charge on any atom is 0.160 e. The Balaban J connectivity index is 2.22. The lowest BCUT2D eigenvalue weighted by atomic mass is 9.60. The SMILES string of the molecule is CCC1(CC)C2=C(Cc3ncsc31)CC(C)(C)CC2=O. The number of rotatable bonds is 2. The highest BCUT2D eigenvalue weighted by molar-refractivity contribution is 7.10. The number of ketones is 1. The molecule has 0 fully saturated rings. The Kier molecular flexibility index (Phi) is 3.16.